The molecular formula is C13H16BrN3S. The number of nitrogens with two attached hydrogens (primary N) is 1. The third-order valence-corrected chi connectivity index (χ3v) is 4.56. The predicted molar refractivity (Wildman–Crippen MR) is 79.6 cm³/mol. The van der Waals surface area contributed by atoms with Crippen LogP contribution in [0.2, 0.25) is 0 Å². The molecule has 0 spiro atoms. The fourth-order valence-corrected chi connectivity index (χ4v) is 3.42. The van der Waals surface area contributed by atoms with Crippen LogP contribution < -0.4 is 5.73 Å². The lowest BCUT2D eigenvalue weighted by atomic mass is 10.1. The third kappa shape index (κ3) is 3.37. The first kappa shape index (κ1) is 13.6. The van der Waals surface area contributed by atoms with Crippen molar-refractivity contribution in [3.63, 3.8) is 0 Å². The van der Waals surface area contributed by atoms with Gasteiger partial charge >= 0.3 is 0 Å². The van der Waals surface area contributed by atoms with E-state index in [-0.39, 0.29) is 11.3 Å². The number of benzene rings is 1. The Labute approximate surface area is 120 Å². The summed E-state index contributed by atoms with van der Waals surface area (Å²) in [5.74, 6) is 0. The molecule has 18 heavy (non-hydrogen) atoms. The monoisotopic (exact) mass is 325 g/mol. The Morgan fingerprint density at radius 3 is 2.78 bits per heavy atom. The fraction of sp³-hybridized carbons (Fsp3) is 0.308. The van der Waals surface area contributed by atoms with E-state index in [1.54, 1.807) is 11.8 Å². The van der Waals surface area contributed by atoms with Crippen LogP contribution >= 0.6 is 27.7 Å². The first-order chi connectivity index (χ1) is 8.56. The molecular weight excluding hydrogens is 310 g/mol. The molecule has 0 saturated heterocycles. The summed E-state index contributed by atoms with van der Waals surface area (Å²) in [5, 5.41) is 4.43. The second kappa shape index (κ2) is 5.91. The van der Waals surface area contributed by atoms with E-state index in [0.29, 0.717) is 0 Å². The maximum absolute atomic E-state index is 6.09. The number of halogens is 1. The van der Waals surface area contributed by atoms with Gasteiger partial charge in [-0.05, 0) is 25.1 Å². The van der Waals surface area contributed by atoms with Crippen LogP contribution in [-0.2, 0) is 7.05 Å². The smallest absolute Gasteiger partial charge is 0.0533 e. The molecule has 1 heterocycles. The molecule has 0 aliphatic heterocycles. The van der Waals surface area contributed by atoms with Gasteiger partial charge in [0.05, 0.1) is 11.4 Å². The maximum Gasteiger partial charge on any atom is 0.0533 e. The minimum absolute atomic E-state index is 0.0678. The van der Waals surface area contributed by atoms with E-state index in [1.165, 1.54) is 4.90 Å². The SMILES string of the molecule is CC(N)C(Sc1cccc(Br)c1)c1cnn(C)c1. The molecule has 96 valence electrons. The zero-order valence-electron chi connectivity index (χ0n) is 10.4. The molecule has 0 radical (unpaired) electrons. The second-order valence-electron chi connectivity index (χ2n) is 4.30. The van der Waals surface area contributed by atoms with Gasteiger partial charge in [-0.25, -0.2) is 0 Å². The summed E-state index contributed by atoms with van der Waals surface area (Å²) >= 11 is 5.26. The average molecular weight is 326 g/mol. The van der Waals surface area contributed by atoms with Crippen molar-refractivity contribution in [2.24, 2.45) is 12.8 Å². The zero-order chi connectivity index (χ0) is 13.1. The quantitative estimate of drug-likeness (QED) is 0.876. The van der Waals surface area contributed by atoms with E-state index in [9.17, 15) is 0 Å². The number of hydrogen-bond donors (Lipinski definition) is 1. The minimum atomic E-state index is 0.0678. The van der Waals surface area contributed by atoms with Crippen molar-refractivity contribution in [2.75, 3.05) is 0 Å². The Morgan fingerprint density at radius 2 is 2.22 bits per heavy atom. The molecule has 5 heteroatoms. The van der Waals surface area contributed by atoms with Crippen LogP contribution in [0.4, 0.5) is 0 Å². The van der Waals surface area contributed by atoms with E-state index in [4.69, 9.17) is 5.73 Å². The Morgan fingerprint density at radius 1 is 1.44 bits per heavy atom. The van der Waals surface area contributed by atoms with Crippen LogP contribution in [0.5, 0.6) is 0 Å². The highest BCUT2D eigenvalue weighted by Crippen LogP contribution is 2.37. The fourth-order valence-electron chi connectivity index (χ4n) is 1.75. The molecule has 0 amide bonds. The molecule has 0 saturated carbocycles. The van der Waals surface area contributed by atoms with Crippen LogP contribution in [0.25, 0.3) is 0 Å². The van der Waals surface area contributed by atoms with Crippen LogP contribution in [0.15, 0.2) is 46.0 Å². The van der Waals surface area contributed by atoms with Crippen LogP contribution in [0.3, 0.4) is 0 Å². The van der Waals surface area contributed by atoms with Gasteiger partial charge in [0.2, 0.25) is 0 Å². The van der Waals surface area contributed by atoms with Crippen molar-refractivity contribution in [2.45, 2.75) is 23.1 Å². The lowest BCUT2D eigenvalue weighted by molar-refractivity contribution is 0.718. The number of hydrogen-bond acceptors (Lipinski definition) is 3. The van der Waals surface area contributed by atoms with Gasteiger partial charge in [0, 0.05) is 34.2 Å². The molecule has 0 aliphatic rings. The molecule has 0 aliphatic carbocycles. The van der Waals surface area contributed by atoms with Gasteiger partial charge < -0.3 is 5.73 Å². The number of nitrogens with zero attached hydrogens (tertiary/aromatic N) is 2. The first-order valence-electron chi connectivity index (χ1n) is 5.72. The zero-order valence-corrected chi connectivity index (χ0v) is 12.8. The van der Waals surface area contributed by atoms with Gasteiger partial charge in [-0.15, -0.1) is 11.8 Å². The van der Waals surface area contributed by atoms with E-state index in [2.05, 4.69) is 33.2 Å². The van der Waals surface area contributed by atoms with Gasteiger partial charge in [0.1, 0.15) is 0 Å². The van der Waals surface area contributed by atoms with Gasteiger partial charge in [-0.3, -0.25) is 4.68 Å². The lowest BCUT2D eigenvalue weighted by Gasteiger charge is -2.19. The highest BCUT2D eigenvalue weighted by molar-refractivity contribution is 9.10. The van der Waals surface area contributed by atoms with Crippen molar-refractivity contribution in [1.29, 1.82) is 0 Å². The molecule has 2 aromatic rings. The summed E-state index contributed by atoms with van der Waals surface area (Å²) in [4.78, 5) is 1.20. The van der Waals surface area contributed by atoms with Gasteiger partial charge in [-0.2, -0.15) is 5.10 Å². The summed E-state index contributed by atoms with van der Waals surface area (Å²) in [7, 11) is 1.92. The van der Waals surface area contributed by atoms with Crippen molar-refractivity contribution < 1.29 is 0 Å². The Kier molecular flexibility index (Phi) is 4.48. The van der Waals surface area contributed by atoms with Crippen molar-refractivity contribution in [3.05, 3.63) is 46.7 Å². The van der Waals surface area contributed by atoms with Crippen LogP contribution in [0, 0.1) is 0 Å². The van der Waals surface area contributed by atoms with Crippen LogP contribution in [0.1, 0.15) is 17.7 Å². The Balaban J connectivity index is 2.22. The van der Waals surface area contributed by atoms with Crippen molar-refractivity contribution in [1.82, 2.24) is 9.78 Å². The molecule has 2 unspecified atom stereocenters. The first-order valence-corrected chi connectivity index (χ1v) is 7.40. The van der Waals surface area contributed by atoms with Crippen LogP contribution in [-0.4, -0.2) is 15.8 Å². The topological polar surface area (TPSA) is 43.8 Å². The number of rotatable bonds is 4. The summed E-state index contributed by atoms with van der Waals surface area (Å²) < 4.78 is 2.90. The standard InChI is InChI=1S/C13H16BrN3S/c1-9(15)13(10-7-16-17(2)8-10)18-12-5-3-4-11(14)6-12/h3-9,13H,15H2,1-2H3. The largest absolute Gasteiger partial charge is 0.327 e. The van der Waals surface area contributed by atoms with E-state index >= 15 is 0 Å². The molecule has 3 nitrogen and oxygen atoms in total. The minimum Gasteiger partial charge on any atom is -0.327 e. The third-order valence-electron chi connectivity index (χ3n) is 2.59. The molecule has 0 fully saturated rings. The lowest BCUT2D eigenvalue weighted by Crippen LogP contribution is -2.22. The molecule has 0 bridgehead atoms. The Bertz CT molecular complexity index is 524. The summed E-state index contributed by atoms with van der Waals surface area (Å²) in [6.45, 7) is 2.03. The molecule has 2 N–H and O–H groups in total. The van der Waals surface area contributed by atoms with Gasteiger partial charge in [0.15, 0.2) is 0 Å². The van der Waals surface area contributed by atoms with E-state index in [0.717, 1.165) is 10.0 Å². The number of aryl methyl sites for hydroxylation is 1. The molecule has 1 aromatic carbocycles. The molecule has 2 atom stereocenters. The number of thioether (sulfide) groups is 1. The summed E-state index contributed by atoms with van der Waals surface area (Å²) in [5.41, 5.74) is 7.26. The normalized spacial score (nSPS) is 14.4. The predicted octanol–water partition coefficient (Wildman–Crippen LogP) is 3.36. The van der Waals surface area contributed by atoms with Crippen molar-refractivity contribution >= 4 is 27.7 Å². The highest BCUT2D eigenvalue weighted by atomic mass is 79.9. The van der Waals surface area contributed by atoms with E-state index < -0.39 is 0 Å². The molecule has 2 rings (SSSR count). The Hall–Kier alpha value is -0.780. The second-order valence-corrected chi connectivity index (χ2v) is 6.43. The maximum atomic E-state index is 6.09. The van der Waals surface area contributed by atoms with Gasteiger partial charge in [0.25, 0.3) is 0 Å². The van der Waals surface area contributed by atoms with Gasteiger partial charge in [-0.1, -0.05) is 22.0 Å². The number of aromatic nitrogens is 2. The van der Waals surface area contributed by atoms with Crippen molar-refractivity contribution in [3.8, 4) is 0 Å². The summed E-state index contributed by atoms with van der Waals surface area (Å²) in [6, 6.07) is 8.33. The highest BCUT2D eigenvalue weighted by Gasteiger charge is 2.19. The van der Waals surface area contributed by atoms with E-state index in [1.807, 2.05) is 43.2 Å². The summed E-state index contributed by atoms with van der Waals surface area (Å²) in [6.07, 6.45) is 3.91. The molecule has 1 aromatic heterocycles. The average Bonchev–Trinajstić information content (AvgIpc) is 2.72.